The molecule has 5 heteroatoms. The summed E-state index contributed by atoms with van der Waals surface area (Å²) in [6.45, 7) is 4.29. The van der Waals surface area contributed by atoms with Crippen LogP contribution in [0, 0.1) is 0 Å². The molecular weight excluding hydrogens is 334 g/mol. The molecule has 3 fully saturated rings. The van der Waals surface area contributed by atoms with E-state index in [9.17, 15) is 4.79 Å². The van der Waals surface area contributed by atoms with Crippen molar-refractivity contribution in [1.29, 1.82) is 0 Å². The fraction of sp³-hybridized carbons (Fsp3) is 0.650. The molecule has 2 heterocycles. The van der Waals surface area contributed by atoms with Gasteiger partial charge in [-0.1, -0.05) is 29.8 Å². The maximum absolute atomic E-state index is 13.1. The lowest BCUT2D eigenvalue weighted by atomic mass is 10.0. The van der Waals surface area contributed by atoms with Gasteiger partial charge in [-0.15, -0.1) is 0 Å². The van der Waals surface area contributed by atoms with Gasteiger partial charge in [0.2, 0.25) is 0 Å². The molecule has 0 unspecified atom stereocenters. The van der Waals surface area contributed by atoms with Crippen LogP contribution < -0.4 is 5.32 Å². The normalized spacial score (nSPS) is 25.8. The van der Waals surface area contributed by atoms with Gasteiger partial charge in [-0.25, -0.2) is 4.79 Å². The lowest BCUT2D eigenvalue weighted by Crippen LogP contribution is -2.54. The largest absolute Gasteiger partial charge is 0.328 e. The third kappa shape index (κ3) is 3.65. The minimum Gasteiger partial charge on any atom is -0.328 e. The van der Waals surface area contributed by atoms with Gasteiger partial charge in [0, 0.05) is 24.2 Å². The average Bonchev–Trinajstić information content (AvgIpc) is 3.20. The topological polar surface area (TPSA) is 35.6 Å². The first-order valence-electron chi connectivity index (χ1n) is 9.74. The van der Waals surface area contributed by atoms with Gasteiger partial charge >= 0.3 is 6.03 Å². The maximum Gasteiger partial charge on any atom is 0.318 e. The highest BCUT2D eigenvalue weighted by Gasteiger charge is 2.48. The molecule has 1 aromatic rings. The van der Waals surface area contributed by atoms with Crippen LogP contribution in [0.5, 0.6) is 0 Å². The van der Waals surface area contributed by atoms with E-state index in [1.165, 1.54) is 32.4 Å². The Bertz CT molecular complexity index is 625. The number of hydrogen-bond donors (Lipinski definition) is 1. The number of nitrogens with zero attached hydrogens (tertiary/aromatic N) is 2. The number of amides is 2. The van der Waals surface area contributed by atoms with Gasteiger partial charge in [-0.3, -0.25) is 0 Å². The van der Waals surface area contributed by atoms with Crippen molar-refractivity contribution < 1.29 is 4.79 Å². The summed E-state index contributed by atoms with van der Waals surface area (Å²) in [7, 11) is 0. The summed E-state index contributed by atoms with van der Waals surface area (Å²) in [6.07, 6.45) is 8.03. The zero-order valence-corrected chi connectivity index (χ0v) is 15.6. The molecule has 0 radical (unpaired) electrons. The van der Waals surface area contributed by atoms with Crippen molar-refractivity contribution in [3.63, 3.8) is 0 Å². The second kappa shape index (κ2) is 7.16. The highest BCUT2D eigenvalue weighted by Crippen LogP contribution is 2.48. The van der Waals surface area contributed by atoms with Gasteiger partial charge < -0.3 is 15.1 Å². The minimum atomic E-state index is -0.245. The van der Waals surface area contributed by atoms with Crippen molar-refractivity contribution in [1.82, 2.24) is 15.1 Å². The van der Waals surface area contributed by atoms with E-state index in [1.807, 2.05) is 24.3 Å². The Hall–Kier alpha value is -1.26. The van der Waals surface area contributed by atoms with E-state index < -0.39 is 0 Å². The van der Waals surface area contributed by atoms with Gasteiger partial charge in [-0.05, 0) is 69.7 Å². The molecule has 3 aliphatic rings. The van der Waals surface area contributed by atoms with Crippen LogP contribution in [-0.2, 0) is 5.54 Å². The summed E-state index contributed by atoms with van der Waals surface area (Å²) in [6, 6.07) is 8.37. The number of piperidine rings is 1. The highest BCUT2D eigenvalue weighted by molar-refractivity contribution is 6.31. The summed E-state index contributed by atoms with van der Waals surface area (Å²) >= 11 is 6.39. The van der Waals surface area contributed by atoms with Crippen molar-refractivity contribution in [3.8, 4) is 0 Å². The number of hydrogen-bond acceptors (Lipinski definition) is 2. The standard InChI is InChI=1S/C20H28ClN3O/c21-18-9-2-1-8-17(18)20(10-11-20)22-19(25)24-14-4-3-7-16(24)15-23-12-5-6-13-23/h1-2,8-9,16H,3-7,10-15H2,(H,22,25)/t16-/m0/s1. The van der Waals surface area contributed by atoms with Crippen LogP contribution in [0.25, 0.3) is 0 Å². The van der Waals surface area contributed by atoms with Crippen molar-refractivity contribution >= 4 is 17.6 Å². The number of halogens is 1. The molecule has 1 aliphatic carbocycles. The Morgan fingerprint density at radius 2 is 1.84 bits per heavy atom. The number of likely N-dealkylation sites (tertiary alicyclic amines) is 2. The molecule has 136 valence electrons. The third-order valence-corrected chi connectivity index (χ3v) is 6.37. The van der Waals surface area contributed by atoms with E-state index in [2.05, 4.69) is 15.1 Å². The van der Waals surface area contributed by atoms with Gasteiger partial charge in [0.05, 0.1) is 5.54 Å². The number of urea groups is 1. The maximum atomic E-state index is 13.1. The van der Waals surface area contributed by atoms with Crippen molar-refractivity contribution in [2.24, 2.45) is 0 Å². The van der Waals surface area contributed by atoms with Gasteiger partial charge in [0.15, 0.2) is 0 Å². The molecule has 25 heavy (non-hydrogen) atoms. The van der Waals surface area contributed by atoms with Crippen LogP contribution in [-0.4, -0.2) is 48.1 Å². The molecule has 4 rings (SSSR count). The molecule has 2 saturated heterocycles. The fourth-order valence-electron chi connectivity index (χ4n) is 4.43. The summed E-state index contributed by atoms with van der Waals surface area (Å²) in [5.41, 5.74) is 0.823. The number of carbonyl (C=O) groups excluding carboxylic acids is 1. The number of carbonyl (C=O) groups is 1. The Balaban J connectivity index is 1.44. The molecule has 0 spiro atoms. The summed E-state index contributed by atoms with van der Waals surface area (Å²) in [5, 5.41) is 4.09. The number of rotatable bonds is 4. The Morgan fingerprint density at radius 1 is 1.12 bits per heavy atom. The quantitative estimate of drug-likeness (QED) is 0.880. The second-order valence-corrected chi connectivity index (χ2v) is 8.25. The predicted molar refractivity (Wildman–Crippen MR) is 101 cm³/mol. The van der Waals surface area contributed by atoms with E-state index >= 15 is 0 Å². The molecule has 4 nitrogen and oxygen atoms in total. The lowest BCUT2D eigenvalue weighted by Gasteiger charge is -2.38. The molecule has 1 atom stereocenters. The molecule has 2 aliphatic heterocycles. The Morgan fingerprint density at radius 3 is 2.56 bits per heavy atom. The Labute approximate surface area is 155 Å². The zero-order chi connectivity index (χ0) is 17.3. The smallest absolute Gasteiger partial charge is 0.318 e. The third-order valence-electron chi connectivity index (χ3n) is 6.04. The van der Waals surface area contributed by atoms with Crippen LogP contribution in [0.15, 0.2) is 24.3 Å². The van der Waals surface area contributed by atoms with Crippen LogP contribution in [0.1, 0.15) is 50.5 Å². The van der Waals surface area contributed by atoms with Crippen molar-refractivity contribution in [2.75, 3.05) is 26.2 Å². The van der Waals surface area contributed by atoms with Crippen molar-refractivity contribution in [3.05, 3.63) is 34.9 Å². The van der Waals surface area contributed by atoms with E-state index in [-0.39, 0.29) is 11.6 Å². The Kier molecular flexibility index (Phi) is 4.92. The molecule has 1 N–H and O–H groups in total. The first-order chi connectivity index (χ1) is 12.2. The highest BCUT2D eigenvalue weighted by atomic mass is 35.5. The SMILES string of the molecule is O=C(NC1(c2ccccc2Cl)CC1)N1CCCC[C@H]1CN1CCCC1. The molecule has 0 aromatic heterocycles. The van der Waals surface area contributed by atoms with E-state index in [4.69, 9.17) is 11.6 Å². The lowest BCUT2D eigenvalue weighted by molar-refractivity contribution is 0.124. The van der Waals surface area contributed by atoms with Gasteiger partial charge in [0.1, 0.15) is 0 Å². The predicted octanol–water partition coefficient (Wildman–Crippen LogP) is 3.99. The van der Waals surface area contributed by atoms with Crippen LogP contribution in [0.3, 0.4) is 0 Å². The van der Waals surface area contributed by atoms with Crippen LogP contribution in [0.4, 0.5) is 4.79 Å². The van der Waals surface area contributed by atoms with E-state index in [1.54, 1.807) is 0 Å². The van der Waals surface area contributed by atoms with E-state index in [0.29, 0.717) is 6.04 Å². The summed E-state index contributed by atoms with van der Waals surface area (Å²) in [4.78, 5) is 17.7. The van der Waals surface area contributed by atoms with Crippen LogP contribution in [0.2, 0.25) is 5.02 Å². The molecular formula is C20H28ClN3O. The molecule has 1 saturated carbocycles. The average molecular weight is 362 g/mol. The van der Waals surface area contributed by atoms with Gasteiger partial charge in [0.25, 0.3) is 0 Å². The van der Waals surface area contributed by atoms with Crippen molar-refractivity contribution in [2.45, 2.75) is 56.5 Å². The monoisotopic (exact) mass is 361 g/mol. The zero-order valence-electron chi connectivity index (χ0n) is 14.8. The first-order valence-corrected chi connectivity index (χ1v) is 10.1. The molecule has 0 bridgehead atoms. The fourth-order valence-corrected chi connectivity index (χ4v) is 4.75. The van der Waals surface area contributed by atoms with Crippen LogP contribution >= 0.6 is 11.6 Å². The second-order valence-electron chi connectivity index (χ2n) is 7.84. The van der Waals surface area contributed by atoms with E-state index in [0.717, 1.165) is 49.4 Å². The minimum absolute atomic E-state index is 0.0984. The molecule has 1 aromatic carbocycles. The number of nitrogens with one attached hydrogen (secondary N) is 1. The van der Waals surface area contributed by atoms with Gasteiger partial charge in [-0.2, -0.15) is 0 Å². The summed E-state index contributed by atoms with van der Waals surface area (Å²) < 4.78 is 0. The first kappa shape index (κ1) is 17.2. The number of benzene rings is 1. The molecule has 2 amide bonds. The summed E-state index contributed by atoms with van der Waals surface area (Å²) in [5.74, 6) is 0.